The van der Waals surface area contributed by atoms with Gasteiger partial charge in [0.25, 0.3) is 0 Å². The molecular formula is C20H19FN2O2. The fourth-order valence-corrected chi connectivity index (χ4v) is 3.50. The van der Waals surface area contributed by atoms with E-state index in [1.165, 1.54) is 11.6 Å². The number of anilines is 1. The Bertz CT molecular complexity index is 951. The summed E-state index contributed by atoms with van der Waals surface area (Å²) in [5, 5.41) is 11.0. The van der Waals surface area contributed by atoms with Crippen molar-refractivity contribution in [2.24, 2.45) is 4.99 Å². The number of amidine groups is 1. The molecule has 0 saturated carbocycles. The minimum absolute atomic E-state index is 0.149. The maximum atomic E-state index is 13.9. The van der Waals surface area contributed by atoms with E-state index < -0.39 is 17.2 Å². The van der Waals surface area contributed by atoms with E-state index in [1.54, 1.807) is 13.0 Å². The third-order valence-corrected chi connectivity index (χ3v) is 5.25. The molecule has 2 heterocycles. The molecule has 25 heavy (non-hydrogen) atoms. The number of hydrogen-bond donors (Lipinski definition) is 1. The van der Waals surface area contributed by atoms with E-state index >= 15 is 0 Å². The summed E-state index contributed by atoms with van der Waals surface area (Å²) in [7, 11) is 0. The van der Waals surface area contributed by atoms with E-state index in [2.05, 4.69) is 4.99 Å². The zero-order valence-corrected chi connectivity index (χ0v) is 14.4. The second kappa shape index (κ2) is 5.23. The van der Waals surface area contributed by atoms with Crippen molar-refractivity contribution >= 4 is 23.0 Å². The van der Waals surface area contributed by atoms with E-state index in [9.17, 15) is 14.3 Å². The number of rotatable bonds is 1. The summed E-state index contributed by atoms with van der Waals surface area (Å²) in [6.07, 6.45) is 0.243. The zero-order chi connectivity index (χ0) is 17.9. The number of hydrogen-bond acceptors (Lipinski definition) is 4. The summed E-state index contributed by atoms with van der Waals surface area (Å²) in [6.45, 7) is 6.18. The van der Waals surface area contributed by atoms with Crippen molar-refractivity contribution in [3.05, 3.63) is 58.4 Å². The third kappa shape index (κ3) is 2.23. The van der Waals surface area contributed by atoms with Crippen LogP contribution in [0.1, 0.15) is 33.5 Å². The van der Waals surface area contributed by atoms with E-state index in [4.69, 9.17) is 0 Å². The van der Waals surface area contributed by atoms with Gasteiger partial charge in [0, 0.05) is 24.2 Å². The van der Waals surface area contributed by atoms with Crippen LogP contribution in [0.3, 0.4) is 0 Å². The largest absolute Gasteiger partial charge is 0.374 e. The van der Waals surface area contributed by atoms with Gasteiger partial charge in [-0.15, -0.1) is 0 Å². The van der Waals surface area contributed by atoms with Crippen molar-refractivity contribution in [2.45, 2.75) is 32.8 Å². The monoisotopic (exact) mass is 338 g/mol. The van der Waals surface area contributed by atoms with Crippen LogP contribution in [0.15, 0.2) is 35.3 Å². The average Bonchev–Trinajstić information content (AvgIpc) is 2.91. The lowest BCUT2D eigenvalue weighted by Gasteiger charge is -2.30. The van der Waals surface area contributed by atoms with Gasteiger partial charge >= 0.3 is 0 Å². The van der Waals surface area contributed by atoms with Gasteiger partial charge in [-0.05, 0) is 61.7 Å². The lowest BCUT2D eigenvalue weighted by Crippen LogP contribution is -2.48. The molecule has 2 aromatic rings. The second-order valence-electron chi connectivity index (χ2n) is 6.91. The lowest BCUT2D eigenvalue weighted by molar-refractivity contribution is 0.0601. The molecule has 0 unspecified atom stereocenters. The Kier molecular flexibility index (Phi) is 3.34. The first-order valence-corrected chi connectivity index (χ1v) is 8.32. The van der Waals surface area contributed by atoms with Crippen molar-refractivity contribution in [3.63, 3.8) is 0 Å². The predicted molar refractivity (Wildman–Crippen MR) is 95.4 cm³/mol. The molecule has 1 saturated heterocycles. The fraction of sp³-hybridized carbons (Fsp3) is 0.300. The topological polar surface area (TPSA) is 52.9 Å². The number of carbonyl (C=O) groups excluding carboxylic acids is 1. The number of nitrogens with zero attached hydrogens (tertiary/aromatic N) is 2. The molecule has 0 amide bonds. The molecule has 0 bridgehead atoms. The maximum Gasteiger partial charge on any atom is 0.204 e. The Morgan fingerprint density at radius 3 is 2.60 bits per heavy atom. The smallest absolute Gasteiger partial charge is 0.204 e. The highest BCUT2D eigenvalue weighted by Gasteiger charge is 2.52. The Labute approximate surface area is 145 Å². The van der Waals surface area contributed by atoms with E-state index in [1.807, 2.05) is 36.9 Å². The molecule has 1 N–H and O–H groups in total. The van der Waals surface area contributed by atoms with Gasteiger partial charge in [-0.2, -0.15) is 0 Å². The van der Waals surface area contributed by atoms with Gasteiger partial charge in [-0.3, -0.25) is 4.79 Å². The molecule has 4 nitrogen and oxygen atoms in total. The van der Waals surface area contributed by atoms with Gasteiger partial charge in [0.05, 0.1) is 5.69 Å². The minimum atomic E-state index is -1.69. The van der Waals surface area contributed by atoms with Crippen LogP contribution >= 0.6 is 0 Å². The second-order valence-corrected chi connectivity index (χ2v) is 6.91. The van der Waals surface area contributed by atoms with Gasteiger partial charge in [0.2, 0.25) is 5.78 Å². The van der Waals surface area contributed by atoms with E-state index in [-0.39, 0.29) is 12.0 Å². The van der Waals surface area contributed by atoms with Gasteiger partial charge in [0.15, 0.2) is 5.60 Å². The highest BCUT2D eigenvalue weighted by atomic mass is 19.1. The Morgan fingerprint density at radius 2 is 1.88 bits per heavy atom. The third-order valence-electron chi connectivity index (χ3n) is 5.25. The Balaban J connectivity index is 1.87. The van der Waals surface area contributed by atoms with E-state index in [0.717, 1.165) is 11.3 Å². The molecule has 4 rings (SSSR count). The summed E-state index contributed by atoms with van der Waals surface area (Å²) in [5.74, 6) is -0.602. The number of ketones is 1. The number of Topliss-reactive ketones (excluding diaryl/α,β-unsaturated/α-hetero) is 1. The molecule has 1 fully saturated rings. The molecule has 1 atom stereocenters. The quantitative estimate of drug-likeness (QED) is 0.864. The summed E-state index contributed by atoms with van der Waals surface area (Å²) in [4.78, 5) is 19.3. The minimum Gasteiger partial charge on any atom is -0.374 e. The zero-order valence-electron chi connectivity index (χ0n) is 14.4. The summed E-state index contributed by atoms with van der Waals surface area (Å²) >= 11 is 0. The maximum absolute atomic E-state index is 13.9. The molecule has 2 aromatic carbocycles. The van der Waals surface area contributed by atoms with E-state index in [0.29, 0.717) is 23.6 Å². The Hall–Kier alpha value is -2.53. The van der Waals surface area contributed by atoms with Crippen LogP contribution in [-0.4, -0.2) is 28.9 Å². The number of halogens is 1. The molecule has 2 aliphatic heterocycles. The van der Waals surface area contributed by atoms with Crippen LogP contribution in [0.25, 0.3) is 0 Å². The molecular weight excluding hydrogens is 319 g/mol. The van der Waals surface area contributed by atoms with Gasteiger partial charge in [-0.1, -0.05) is 6.07 Å². The lowest BCUT2D eigenvalue weighted by atomic mass is 9.87. The number of aliphatic hydroxyl groups is 1. The van der Waals surface area contributed by atoms with Crippen LogP contribution in [0.2, 0.25) is 0 Å². The SMILES string of the molecule is Cc1ccc(N2CC[C@@]3(O)C(=O)c4cc(F)c(C)cc4N=C23)cc1C. The molecule has 0 aromatic heterocycles. The molecule has 0 spiro atoms. The van der Waals surface area contributed by atoms with Gasteiger partial charge in [-0.25, -0.2) is 9.38 Å². The van der Waals surface area contributed by atoms with Crippen LogP contribution < -0.4 is 4.90 Å². The number of carbonyl (C=O) groups is 1. The van der Waals surface area contributed by atoms with Crippen molar-refractivity contribution in [1.82, 2.24) is 0 Å². The van der Waals surface area contributed by atoms with Gasteiger partial charge in [0.1, 0.15) is 11.7 Å². The number of benzene rings is 2. The van der Waals surface area contributed by atoms with Crippen molar-refractivity contribution in [3.8, 4) is 0 Å². The van der Waals surface area contributed by atoms with Crippen molar-refractivity contribution in [2.75, 3.05) is 11.4 Å². The molecule has 2 aliphatic rings. The van der Waals surface area contributed by atoms with Crippen molar-refractivity contribution < 1.29 is 14.3 Å². The number of aryl methyl sites for hydroxylation is 3. The van der Waals surface area contributed by atoms with Crippen LogP contribution in [-0.2, 0) is 0 Å². The van der Waals surface area contributed by atoms with Crippen LogP contribution in [0.4, 0.5) is 15.8 Å². The first-order chi connectivity index (χ1) is 11.8. The number of fused-ring (bicyclic) bond motifs is 2. The highest BCUT2D eigenvalue weighted by molar-refractivity contribution is 6.28. The van der Waals surface area contributed by atoms with Crippen molar-refractivity contribution in [1.29, 1.82) is 0 Å². The molecule has 0 aliphatic carbocycles. The normalized spacial score (nSPS) is 21.9. The predicted octanol–water partition coefficient (Wildman–Crippen LogP) is 3.62. The average molecular weight is 338 g/mol. The molecule has 128 valence electrons. The summed E-state index contributed by atoms with van der Waals surface area (Å²) in [6, 6.07) is 8.75. The standard InChI is InChI=1S/C20H19FN2O2/c1-11-4-5-14(8-12(11)2)23-7-6-20(25)18(24)15-10-16(21)13(3)9-17(15)22-19(20)23/h4-5,8-10,25H,6-7H2,1-3H3/t20-/m1/s1. The first kappa shape index (κ1) is 16.0. The molecule has 0 radical (unpaired) electrons. The summed E-state index contributed by atoms with van der Waals surface area (Å²) < 4.78 is 13.9. The summed E-state index contributed by atoms with van der Waals surface area (Å²) in [5.41, 5.74) is 2.51. The highest BCUT2D eigenvalue weighted by Crippen LogP contribution is 2.40. The molecule has 5 heteroatoms. The number of aliphatic imine (C=N–C) groups is 1. The van der Waals surface area contributed by atoms with Gasteiger partial charge < -0.3 is 10.0 Å². The Morgan fingerprint density at radius 1 is 1.12 bits per heavy atom. The van der Waals surface area contributed by atoms with Crippen LogP contribution in [0, 0.1) is 26.6 Å². The fourth-order valence-electron chi connectivity index (χ4n) is 3.50. The van der Waals surface area contributed by atoms with Crippen LogP contribution in [0.5, 0.6) is 0 Å². The first-order valence-electron chi connectivity index (χ1n) is 8.32.